The number of carbonyl (C=O) groups is 1. The lowest BCUT2D eigenvalue weighted by Gasteiger charge is -2.11. The third kappa shape index (κ3) is 4.75. The van der Waals surface area contributed by atoms with Crippen molar-refractivity contribution in [1.82, 2.24) is 24.7 Å². The maximum Gasteiger partial charge on any atom is 0.277 e. The summed E-state index contributed by atoms with van der Waals surface area (Å²) in [5, 5.41) is 18.9. The molecule has 1 unspecified atom stereocenters. The zero-order valence-electron chi connectivity index (χ0n) is 17.0. The van der Waals surface area contributed by atoms with Gasteiger partial charge in [0.15, 0.2) is 5.69 Å². The summed E-state index contributed by atoms with van der Waals surface area (Å²) >= 11 is 0. The SMILES string of the molecule is Cc1cc(C(=O)Nc2ccc(-c3nccn3-c3ccnc(NCC(C)O)n3)cc2)no1. The Kier molecular flexibility index (Phi) is 5.72. The number of hydrogen-bond acceptors (Lipinski definition) is 8. The number of rotatable bonds is 7. The van der Waals surface area contributed by atoms with Crippen LogP contribution in [0.2, 0.25) is 0 Å². The summed E-state index contributed by atoms with van der Waals surface area (Å²) in [5.74, 6) is 1.96. The van der Waals surface area contributed by atoms with E-state index < -0.39 is 6.10 Å². The van der Waals surface area contributed by atoms with Gasteiger partial charge in [-0.2, -0.15) is 4.98 Å². The Balaban J connectivity index is 1.52. The first kappa shape index (κ1) is 20.2. The van der Waals surface area contributed by atoms with Gasteiger partial charge in [0.25, 0.3) is 5.91 Å². The van der Waals surface area contributed by atoms with Crippen LogP contribution in [0.4, 0.5) is 11.6 Å². The highest BCUT2D eigenvalue weighted by Crippen LogP contribution is 2.23. The number of aromatic nitrogens is 5. The van der Waals surface area contributed by atoms with Crippen LogP contribution in [0.5, 0.6) is 0 Å². The van der Waals surface area contributed by atoms with Crippen LogP contribution in [0.3, 0.4) is 0 Å². The van der Waals surface area contributed by atoms with E-state index in [1.165, 1.54) is 0 Å². The molecule has 0 bridgehead atoms. The molecule has 0 radical (unpaired) electrons. The molecule has 10 nitrogen and oxygen atoms in total. The molecular formula is C21H21N7O3. The van der Waals surface area contributed by atoms with Crippen molar-refractivity contribution < 1.29 is 14.4 Å². The predicted octanol–water partition coefficient (Wildman–Crippen LogP) is 2.67. The van der Waals surface area contributed by atoms with Gasteiger partial charge in [-0.1, -0.05) is 5.16 Å². The fraction of sp³-hybridized carbons (Fsp3) is 0.190. The standard InChI is InChI=1S/C21H21N7O3/c1-13(29)12-24-21-23-8-7-18(26-21)28-10-9-22-19(28)15-3-5-16(6-4-15)25-20(30)17-11-14(2)31-27-17/h3-11,13,29H,12H2,1-2H3,(H,25,30)(H,23,24,26). The molecule has 10 heteroatoms. The number of carbonyl (C=O) groups excluding carboxylic acids is 1. The van der Waals surface area contributed by atoms with Gasteiger partial charge in [-0.05, 0) is 44.2 Å². The fourth-order valence-corrected chi connectivity index (χ4v) is 2.88. The van der Waals surface area contributed by atoms with Crippen LogP contribution < -0.4 is 10.6 Å². The summed E-state index contributed by atoms with van der Waals surface area (Å²) in [6.07, 6.45) is 4.62. The first-order chi connectivity index (χ1) is 15.0. The third-order valence-electron chi connectivity index (χ3n) is 4.35. The molecule has 1 atom stereocenters. The molecule has 3 aromatic heterocycles. The molecule has 0 aliphatic carbocycles. The molecule has 3 heterocycles. The van der Waals surface area contributed by atoms with Crippen LogP contribution in [0.1, 0.15) is 23.2 Å². The predicted molar refractivity (Wildman–Crippen MR) is 114 cm³/mol. The summed E-state index contributed by atoms with van der Waals surface area (Å²) < 4.78 is 6.77. The second-order valence-electron chi connectivity index (χ2n) is 6.94. The molecule has 0 saturated heterocycles. The van der Waals surface area contributed by atoms with Gasteiger partial charge in [0.05, 0.1) is 6.10 Å². The minimum Gasteiger partial charge on any atom is -0.392 e. The van der Waals surface area contributed by atoms with Crippen LogP contribution >= 0.6 is 0 Å². The average Bonchev–Trinajstić information content (AvgIpc) is 3.42. The van der Waals surface area contributed by atoms with E-state index in [-0.39, 0.29) is 11.6 Å². The number of amides is 1. The Morgan fingerprint density at radius 3 is 2.71 bits per heavy atom. The van der Waals surface area contributed by atoms with Crippen molar-refractivity contribution in [3.05, 3.63) is 66.4 Å². The van der Waals surface area contributed by atoms with Gasteiger partial charge in [0.1, 0.15) is 17.4 Å². The zero-order chi connectivity index (χ0) is 21.8. The zero-order valence-corrected chi connectivity index (χ0v) is 17.0. The average molecular weight is 419 g/mol. The Morgan fingerprint density at radius 1 is 1.19 bits per heavy atom. The van der Waals surface area contributed by atoms with Gasteiger partial charge in [0.2, 0.25) is 5.95 Å². The van der Waals surface area contributed by atoms with Gasteiger partial charge < -0.3 is 20.3 Å². The van der Waals surface area contributed by atoms with Gasteiger partial charge in [-0.3, -0.25) is 9.36 Å². The summed E-state index contributed by atoms with van der Waals surface area (Å²) in [4.78, 5) is 25.3. The monoisotopic (exact) mass is 419 g/mol. The molecule has 1 amide bonds. The Bertz CT molecular complexity index is 1180. The number of aliphatic hydroxyl groups excluding tert-OH is 1. The highest BCUT2D eigenvalue weighted by molar-refractivity contribution is 6.02. The number of anilines is 2. The molecule has 0 aliphatic rings. The number of benzene rings is 1. The number of imidazole rings is 1. The summed E-state index contributed by atoms with van der Waals surface area (Å²) in [7, 11) is 0. The van der Waals surface area contributed by atoms with Crippen molar-refractivity contribution in [1.29, 1.82) is 0 Å². The lowest BCUT2D eigenvalue weighted by atomic mass is 10.2. The molecule has 31 heavy (non-hydrogen) atoms. The van der Waals surface area contributed by atoms with Crippen molar-refractivity contribution in [3.8, 4) is 17.2 Å². The maximum atomic E-state index is 12.2. The molecule has 3 N–H and O–H groups in total. The number of nitrogens with zero attached hydrogens (tertiary/aromatic N) is 5. The molecule has 0 fully saturated rings. The molecule has 158 valence electrons. The molecule has 4 aromatic rings. The molecule has 0 spiro atoms. The molecule has 0 saturated carbocycles. The van der Waals surface area contributed by atoms with E-state index in [1.54, 1.807) is 56.7 Å². The van der Waals surface area contributed by atoms with Crippen molar-refractivity contribution >= 4 is 17.5 Å². The molecular weight excluding hydrogens is 398 g/mol. The lowest BCUT2D eigenvalue weighted by Crippen LogP contribution is -2.17. The smallest absolute Gasteiger partial charge is 0.277 e. The van der Waals surface area contributed by atoms with Crippen molar-refractivity contribution in [2.75, 3.05) is 17.2 Å². The quantitative estimate of drug-likeness (QED) is 0.417. The summed E-state index contributed by atoms with van der Waals surface area (Å²) in [6.45, 7) is 3.76. The maximum absolute atomic E-state index is 12.2. The van der Waals surface area contributed by atoms with Gasteiger partial charge in [-0.25, -0.2) is 9.97 Å². The van der Waals surface area contributed by atoms with E-state index in [9.17, 15) is 9.90 Å². The highest BCUT2D eigenvalue weighted by atomic mass is 16.5. The third-order valence-corrected chi connectivity index (χ3v) is 4.35. The first-order valence-electron chi connectivity index (χ1n) is 9.63. The number of hydrogen-bond donors (Lipinski definition) is 3. The van der Waals surface area contributed by atoms with Crippen molar-refractivity contribution in [3.63, 3.8) is 0 Å². The summed E-state index contributed by atoms with van der Waals surface area (Å²) in [5.41, 5.74) is 1.69. The van der Waals surface area contributed by atoms with E-state index in [1.807, 2.05) is 16.7 Å². The van der Waals surface area contributed by atoms with Crippen LogP contribution in [0.25, 0.3) is 17.2 Å². The van der Waals surface area contributed by atoms with Crippen LogP contribution in [-0.2, 0) is 0 Å². The normalized spacial score (nSPS) is 11.8. The minimum absolute atomic E-state index is 0.223. The lowest BCUT2D eigenvalue weighted by molar-refractivity contribution is 0.101. The number of aryl methyl sites for hydroxylation is 1. The van der Waals surface area contributed by atoms with Crippen LogP contribution in [0.15, 0.2) is 59.5 Å². The Morgan fingerprint density at radius 2 is 2.00 bits per heavy atom. The second kappa shape index (κ2) is 8.76. The number of nitrogens with one attached hydrogen (secondary N) is 2. The van der Waals surface area contributed by atoms with E-state index >= 15 is 0 Å². The number of aliphatic hydroxyl groups is 1. The van der Waals surface area contributed by atoms with Crippen molar-refractivity contribution in [2.45, 2.75) is 20.0 Å². The fourth-order valence-electron chi connectivity index (χ4n) is 2.88. The van der Waals surface area contributed by atoms with E-state index in [0.717, 1.165) is 5.56 Å². The van der Waals surface area contributed by atoms with Gasteiger partial charge in [0, 0.05) is 42.5 Å². The second-order valence-corrected chi connectivity index (χ2v) is 6.94. The topological polar surface area (TPSA) is 131 Å². The largest absolute Gasteiger partial charge is 0.392 e. The molecule has 4 rings (SSSR count). The summed E-state index contributed by atoms with van der Waals surface area (Å²) in [6, 6.07) is 10.6. The van der Waals surface area contributed by atoms with Crippen LogP contribution in [0, 0.1) is 6.92 Å². The Hall–Kier alpha value is -4.05. The minimum atomic E-state index is -0.511. The van der Waals surface area contributed by atoms with E-state index in [4.69, 9.17) is 4.52 Å². The van der Waals surface area contributed by atoms with E-state index in [2.05, 4.69) is 30.7 Å². The van der Waals surface area contributed by atoms with Gasteiger partial charge in [-0.15, -0.1) is 0 Å². The first-order valence-corrected chi connectivity index (χ1v) is 9.63. The Labute approximate surface area is 178 Å². The highest BCUT2D eigenvalue weighted by Gasteiger charge is 2.13. The van der Waals surface area contributed by atoms with Gasteiger partial charge >= 0.3 is 0 Å². The van der Waals surface area contributed by atoms with Crippen molar-refractivity contribution in [2.24, 2.45) is 0 Å². The molecule has 1 aromatic carbocycles. The van der Waals surface area contributed by atoms with Crippen LogP contribution in [-0.4, -0.2) is 48.3 Å². The molecule has 0 aliphatic heterocycles. The van der Waals surface area contributed by atoms with E-state index in [0.29, 0.717) is 35.6 Å².